The average Bonchev–Trinajstić information content (AvgIpc) is 3.14. The van der Waals surface area contributed by atoms with Crippen molar-refractivity contribution in [3.8, 4) is 17.6 Å². The molecule has 2 aromatic rings. The minimum Gasteiger partial charge on any atom is -0.454 e. The number of hydrogen-bond donors (Lipinski definition) is 1. The lowest BCUT2D eigenvalue weighted by Gasteiger charge is -2.32. The zero-order valence-electron chi connectivity index (χ0n) is 13.7. The minimum atomic E-state index is -0.251. The number of thioether (sulfide) groups is 1. The number of nitrogens with zero attached hydrogens (tertiary/aromatic N) is 1. The summed E-state index contributed by atoms with van der Waals surface area (Å²) in [5.74, 6) is 2.82. The van der Waals surface area contributed by atoms with Crippen molar-refractivity contribution in [3.05, 3.63) is 70.6 Å². The molecule has 128 valence electrons. The van der Waals surface area contributed by atoms with Crippen molar-refractivity contribution >= 4 is 17.5 Å². The molecule has 3 aliphatic rings. The van der Waals surface area contributed by atoms with Gasteiger partial charge in [-0.1, -0.05) is 24.3 Å². The molecule has 0 aromatic heterocycles. The van der Waals surface area contributed by atoms with E-state index in [2.05, 4.69) is 12.1 Å². The second kappa shape index (κ2) is 5.75. The molecule has 3 heterocycles. The number of nitriles is 1. The highest BCUT2D eigenvalue weighted by atomic mass is 32.2. The van der Waals surface area contributed by atoms with E-state index >= 15 is 0 Å². The third-order valence-corrected chi connectivity index (χ3v) is 5.89. The molecule has 5 rings (SSSR count). The lowest BCUT2D eigenvalue weighted by molar-refractivity contribution is 0.174. The number of ether oxygens (including phenoxy) is 3. The zero-order valence-corrected chi connectivity index (χ0v) is 14.5. The molecule has 0 aliphatic carbocycles. The molecule has 0 saturated carbocycles. The fourth-order valence-electron chi connectivity index (χ4n) is 3.57. The Morgan fingerprint density at radius 3 is 2.85 bits per heavy atom. The van der Waals surface area contributed by atoms with Crippen molar-refractivity contribution in [3.63, 3.8) is 0 Å². The zero-order chi connectivity index (χ0) is 17.7. The third-order valence-electron chi connectivity index (χ3n) is 4.77. The Hall–Kier alpha value is -3.04. The van der Waals surface area contributed by atoms with E-state index in [4.69, 9.17) is 19.9 Å². The molecule has 0 saturated heterocycles. The molecule has 3 aliphatic heterocycles. The molecular formula is C20H14N2O3S. The van der Waals surface area contributed by atoms with E-state index in [0.29, 0.717) is 17.1 Å². The van der Waals surface area contributed by atoms with Crippen LogP contribution in [0, 0.1) is 11.3 Å². The van der Waals surface area contributed by atoms with Crippen molar-refractivity contribution in [1.29, 1.82) is 5.26 Å². The predicted octanol–water partition coefficient (Wildman–Crippen LogP) is 3.74. The van der Waals surface area contributed by atoms with Gasteiger partial charge in [0.15, 0.2) is 11.5 Å². The summed E-state index contributed by atoms with van der Waals surface area (Å²) in [6.07, 6.45) is 0. The van der Waals surface area contributed by atoms with Gasteiger partial charge in [-0.3, -0.25) is 0 Å². The van der Waals surface area contributed by atoms with E-state index in [1.807, 2.05) is 36.4 Å². The van der Waals surface area contributed by atoms with E-state index in [0.717, 1.165) is 33.1 Å². The molecule has 2 N–H and O–H groups in total. The summed E-state index contributed by atoms with van der Waals surface area (Å²) in [4.78, 5) is 1.16. The Balaban J connectivity index is 1.70. The topological polar surface area (TPSA) is 77.5 Å². The van der Waals surface area contributed by atoms with Gasteiger partial charge in [0.05, 0.1) is 5.92 Å². The van der Waals surface area contributed by atoms with Crippen molar-refractivity contribution in [2.45, 2.75) is 10.8 Å². The predicted molar refractivity (Wildman–Crippen MR) is 97.3 cm³/mol. The Bertz CT molecular complexity index is 1040. The molecule has 6 heteroatoms. The van der Waals surface area contributed by atoms with Crippen molar-refractivity contribution < 1.29 is 14.2 Å². The Morgan fingerprint density at radius 2 is 1.96 bits per heavy atom. The molecule has 2 aromatic carbocycles. The number of benzene rings is 2. The van der Waals surface area contributed by atoms with Crippen molar-refractivity contribution in [2.24, 2.45) is 5.73 Å². The van der Waals surface area contributed by atoms with Crippen LogP contribution in [-0.4, -0.2) is 12.5 Å². The highest BCUT2D eigenvalue weighted by Gasteiger charge is 2.36. The Morgan fingerprint density at radius 1 is 1.12 bits per heavy atom. The maximum atomic E-state index is 9.72. The lowest BCUT2D eigenvalue weighted by Crippen LogP contribution is -2.23. The number of allylic oxidation sites excluding steroid dienone is 1. The van der Waals surface area contributed by atoms with Gasteiger partial charge in [-0.05, 0) is 29.3 Å². The van der Waals surface area contributed by atoms with Gasteiger partial charge in [0, 0.05) is 16.2 Å². The van der Waals surface area contributed by atoms with Crippen molar-refractivity contribution in [2.75, 3.05) is 12.5 Å². The second-order valence-electron chi connectivity index (χ2n) is 6.18. The number of nitrogens with two attached hydrogens (primary N) is 1. The molecule has 1 atom stereocenters. The molecule has 26 heavy (non-hydrogen) atoms. The molecule has 0 amide bonds. The van der Waals surface area contributed by atoms with Gasteiger partial charge in [-0.2, -0.15) is 5.26 Å². The highest BCUT2D eigenvalue weighted by molar-refractivity contribution is 7.99. The van der Waals surface area contributed by atoms with Crippen LogP contribution in [0.15, 0.2) is 64.4 Å². The van der Waals surface area contributed by atoms with Crippen LogP contribution in [0.1, 0.15) is 17.0 Å². The van der Waals surface area contributed by atoms with E-state index in [9.17, 15) is 5.26 Å². The van der Waals surface area contributed by atoms with Crippen LogP contribution in [0.4, 0.5) is 0 Å². The fourth-order valence-corrected chi connectivity index (χ4v) is 4.67. The molecule has 0 spiro atoms. The van der Waals surface area contributed by atoms with Gasteiger partial charge < -0.3 is 19.9 Å². The van der Waals surface area contributed by atoms with Crippen molar-refractivity contribution in [1.82, 2.24) is 0 Å². The van der Waals surface area contributed by atoms with Crippen LogP contribution >= 0.6 is 11.8 Å². The van der Waals surface area contributed by atoms with E-state index in [-0.39, 0.29) is 18.6 Å². The van der Waals surface area contributed by atoms with Gasteiger partial charge in [0.1, 0.15) is 17.4 Å². The number of fused-ring (bicyclic) bond motifs is 3. The van der Waals surface area contributed by atoms with Crippen LogP contribution in [0.2, 0.25) is 0 Å². The highest BCUT2D eigenvalue weighted by Crippen LogP contribution is 2.49. The number of rotatable bonds is 1. The van der Waals surface area contributed by atoms with E-state index < -0.39 is 0 Å². The van der Waals surface area contributed by atoms with Gasteiger partial charge in [-0.15, -0.1) is 11.8 Å². The average molecular weight is 362 g/mol. The van der Waals surface area contributed by atoms with Crippen LogP contribution in [0.25, 0.3) is 5.76 Å². The van der Waals surface area contributed by atoms with E-state index in [1.165, 1.54) is 0 Å². The van der Waals surface area contributed by atoms with Crippen LogP contribution in [0.5, 0.6) is 11.5 Å². The molecule has 1 unspecified atom stereocenters. The summed E-state index contributed by atoms with van der Waals surface area (Å²) in [6, 6.07) is 16.1. The second-order valence-corrected chi connectivity index (χ2v) is 7.19. The lowest BCUT2D eigenvalue weighted by atomic mass is 9.82. The summed E-state index contributed by atoms with van der Waals surface area (Å²) >= 11 is 1.75. The Labute approximate surface area is 154 Å². The smallest absolute Gasteiger partial charge is 0.231 e. The maximum absolute atomic E-state index is 9.72. The summed E-state index contributed by atoms with van der Waals surface area (Å²) in [5.41, 5.74) is 9.59. The molecule has 0 radical (unpaired) electrons. The first kappa shape index (κ1) is 15.2. The number of hydrogen-bond acceptors (Lipinski definition) is 6. The summed E-state index contributed by atoms with van der Waals surface area (Å²) < 4.78 is 16.8. The molecule has 5 nitrogen and oxygen atoms in total. The third kappa shape index (κ3) is 2.18. The van der Waals surface area contributed by atoms with Gasteiger partial charge in [0.2, 0.25) is 12.7 Å². The largest absolute Gasteiger partial charge is 0.454 e. The van der Waals surface area contributed by atoms with Crippen LogP contribution in [-0.2, 0) is 4.74 Å². The monoisotopic (exact) mass is 362 g/mol. The molecule has 0 bridgehead atoms. The molecular weight excluding hydrogens is 348 g/mol. The quantitative estimate of drug-likeness (QED) is 0.833. The van der Waals surface area contributed by atoms with Gasteiger partial charge >= 0.3 is 0 Å². The first-order chi connectivity index (χ1) is 12.8. The SMILES string of the molecule is N#CC1=C(N)OC2=C(CSc3ccccc32)C1c1ccc2c(c1)OCO2. The summed E-state index contributed by atoms with van der Waals surface area (Å²) in [7, 11) is 0. The summed E-state index contributed by atoms with van der Waals surface area (Å²) in [5, 5.41) is 9.72. The fraction of sp³-hybridized carbons (Fsp3) is 0.150. The Kier molecular flexibility index (Phi) is 3.37. The first-order valence-corrected chi connectivity index (χ1v) is 9.17. The maximum Gasteiger partial charge on any atom is 0.231 e. The van der Waals surface area contributed by atoms with Crippen LogP contribution in [0.3, 0.4) is 0 Å². The first-order valence-electron chi connectivity index (χ1n) is 8.18. The summed E-state index contributed by atoms with van der Waals surface area (Å²) in [6.45, 7) is 0.215. The van der Waals surface area contributed by atoms with E-state index in [1.54, 1.807) is 11.8 Å². The minimum absolute atomic E-state index is 0.163. The van der Waals surface area contributed by atoms with Gasteiger partial charge in [0.25, 0.3) is 0 Å². The normalized spacial score (nSPS) is 20.2. The molecule has 0 fully saturated rings. The van der Waals surface area contributed by atoms with Crippen LogP contribution < -0.4 is 15.2 Å². The standard InChI is InChI=1S/C20H14N2O3S/c21-8-13-18(11-5-6-15-16(7-11)24-10-23-15)14-9-26-17-4-2-1-3-12(17)19(14)25-20(13)22/h1-7,18H,9-10,22H2. The van der Waals surface area contributed by atoms with Gasteiger partial charge in [-0.25, -0.2) is 0 Å².